The first kappa shape index (κ1) is 16.1. The number of hydrogen-bond acceptors (Lipinski definition) is 4. The highest BCUT2D eigenvalue weighted by molar-refractivity contribution is 6.30. The van der Waals surface area contributed by atoms with E-state index >= 15 is 0 Å². The van der Waals surface area contributed by atoms with Gasteiger partial charge in [0.2, 0.25) is 5.91 Å². The Morgan fingerprint density at radius 1 is 1.29 bits per heavy atom. The van der Waals surface area contributed by atoms with Crippen LogP contribution in [0.25, 0.3) is 10.9 Å². The average molecular weight is 343 g/mol. The zero-order chi connectivity index (χ0) is 17.1. The number of benzene rings is 1. The van der Waals surface area contributed by atoms with E-state index in [4.69, 9.17) is 11.6 Å². The topological polar surface area (TPSA) is 76.9 Å². The molecule has 0 saturated carbocycles. The highest BCUT2D eigenvalue weighted by atomic mass is 35.5. The van der Waals surface area contributed by atoms with Gasteiger partial charge in [-0.3, -0.25) is 14.6 Å². The number of halogens is 1. The Morgan fingerprint density at radius 3 is 2.79 bits per heavy atom. The SMILES string of the molecule is C[C@H](NC(=O)Cn1ncc2ncccc2c1=O)c1ccc(Cl)cc1. The number of pyridine rings is 1. The zero-order valence-corrected chi connectivity index (χ0v) is 13.7. The molecule has 2 aromatic heterocycles. The van der Waals surface area contributed by atoms with Crippen molar-refractivity contribution >= 4 is 28.4 Å². The number of rotatable bonds is 4. The standard InChI is InChI=1S/C17H15ClN4O2/c1-11(12-4-6-13(18)7-5-12)21-16(23)10-22-17(24)14-3-2-8-19-15(14)9-20-22/h2-9,11H,10H2,1H3,(H,21,23)/t11-/m0/s1. The van der Waals surface area contributed by atoms with Crippen molar-refractivity contribution in [1.29, 1.82) is 0 Å². The summed E-state index contributed by atoms with van der Waals surface area (Å²) in [6.07, 6.45) is 3.07. The van der Waals surface area contributed by atoms with Crippen molar-refractivity contribution in [2.24, 2.45) is 0 Å². The fraction of sp³-hybridized carbons (Fsp3) is 0.176. The summed E-state index contributed by atoms with van der Waals surface area (Å²) >= 11 is 5.86. The van der Waals surface area contributed by atoms with Gasteiger partial charge in [-0.05, 0) is 36.8 Å². The van der Waals surface area contributed by atoms with Gasteiger partial charge in [-0.25, -0.2) is 4.68 Å². The fourth-order valence-electron chi connectivity index (χ4n) is 2.39. The van der Waals surface area contributed by atoms with E-state index in [1.165, 1.54) is 6.20 Å². The van der Waals surface area contributed by atoms with Crippen molar-refractivity contribution in [3.63, 3.8) is 0 Å². The number of hydrogen-bond donors (Lipinski definition) is 1. The Bertz CT molecular complexity index is 937. The first-order chi connectivity index (χ1) is 11.5. The average Bonchev–Trinajstić information content (AvgIpc) is 2.58. The van der Waals surface area contributed by atoms with Crippen LogP contribution in [0.4, 0.5) is 0 Å². The van der Waals surface area contributed by atoms with Crippen molar-refractivity contribution in [3.05, 3.63) is 69.7 Å². The third kappa shape index (κ3) is 3.44. The predicted molar refractivity (Wildman–Crippen MR) is 91.8 cm³/mol. The molecule has 0 spiro atoms. The molecule has 0 aliphatic heterocycles. The minimum Gasteiger partial charge on any atom is -0.348 e. The molecule has 0 unspecified atom stereocenters. The van der Waals surface area contributed by atoms with Gasteiger partial charge in [0.15, 0.2) is 0 Å². The summed E-state index contributed by atoms with van der Waals surface area (Å²) in [5.74, 6) is -0.296. The third-order valence-corrected chi connectivity index (χ3v) is 3.92. The second-order valence-corrected chi connectivity index (χ2v) is 5.82. The van der Waals surface area contributed by atoms with Gasteiger partial charge in [0, 0.05) is 11.2 Å². The molecule has 0 bridgehead atoms. The van der Waals surface area contributed by atoms with Gasteiger partial charge >= 0.3 is 0 Å². The largest absolute Gasteiger partial charge is 0.348 e. The second-order valence-electron chi connectivity index (χ2n) is 5.38. The van der Waals surface area contributed by atoms with Crippen molar-refractivity contribution in [2.45, 2.75) is 19.5 Å². The lowest BCUT2D eigenvalue weighted by Crippen LogP contribution is -2.35. The molecule has 3 aromatic rings. The summed E-state index contributed by atoms with van der Waals surface area (Å²) in [5.41, 5.74) is 1.10. The summed E-state index contributed by atoms with van der Waals surface area (Å²) in [6.45, 7) is 1.71. The summed E-state index contributed by atoms with van der Waals surface area (Å²) < 4.78 is 1.13. The first-order valence-electron chi connectivity index (χ1n) is 7.40. The van der Waals surface area contributed by atoms with E-state index < -0.39 is 0 Å². The Labute approximate surface area is 143 Å². The van der Waals surface area contributed by atoms with Crippen LogP contribution in [0.15, 0.2) is 53.6 Å². The summed E-state index contributed by atoms with van der Waals surface area (Å²) in [5, 5.41) is 7.92. The van der Waals surface area contributed by atoms with Gasteiger partial charge in [0.25, 0.3) is 5.56 Å². The molecule has 122 valence electrons. The molecule has 0 saturated heterocycles. The smallest absolute Gasteiger partial charge is 0.276 e. The lowest BCUT2D eigenvalue weighted by Gasteiger charge is -2.14. The molecule has 0 radical (unpaired) electrons. The first-order valence-corrected chi connectivity index (χ1v) is 7.78. The van der Waals surface area contributed by atoms with E-state index in [2.05, 4.69) is 15.4 Å². The van der Waals surface area contributed by atoms with Crippen molar-refractivity contribution in [2.75, 3.05) is 0 Å². The molecule has 6 nitrogen and oxygen atoms in total. The summed E-state index contributed by atoms with van der Waals surface area (Å²) in [4.78, 5) is 28.6. The van der Waals surface area contributed by atoms with Crippen LogP contribution in [0.3, 0.4) is 0 Å². The molecule has 1 N–H and O–H groups in total. The Hall–Kier alpha value is -2.73. The van der Waals surface area contributed by atoms with Crippen LogP contribution in [0.1, 0.15) is 18.5 Å². The maximum atomic E-state index is 12.3. The van der Waals surface area contributed by atoms with Crippen LogP contribution in [-0.2, 0) is 11.3 Å². The lowest BCUT2D eigenvalue weighted by molar-refractivity contribution is -0.122. The molecule has 1 atom stereocenters. The number of carbonyl (C=O) groups is 1. The summed E-state index contributed by atoms with van der Waals surface area (Å²) in [7, 11) is 0. The van der Waals surface area contributed by atoms with Gasteiger partial charge in [-0.15, -0.1) is 0 Å². The molecule has 0 aliphatic rings. The van der Waals surface area contributed by atoms with E-state index in [0.29, 0.717) is 15.9 Å². The van der Waals surface area contributed by atoms with Gasteiger partial charge in [0.05, 0.1) is 23.1 Å². The van der Waals surface area contributed by atoms with Gasteiger partial charge < -0.3 is 5.32 Å². The minimum absolute atomic E-state index is 0.151. The van der Waals surface area contributed by atoms with Crippen molar-refractivity contribution < 1.29 is 4.79 Å². The minimum atomic E-state index is -0.338. The van der Waals surface area contributed by atoms with Crippen LogP contribution in [-0.4, -0.2) is 20.7 Å². The maximum absolute atomic E-state index is 12.3. The van der Waals surface area contributed by atoms with Crippen molar-refractivity contribution in [1.82, 2.24) is 20.1 Å². The molecular formula is C17H15ClN4O2. The quantitative estimate of drug-likeness (QED) is 0.789. The summed E-state index contributed by atoms with van der Waals surface area (Å²) in [6, 6.07) is 10.4. The van der Waals surface area contributed by atoms with E-state index in [9.17, 15) is 9.59 Å². The molecule has 1 amide bonds. The van der Waals surface area contributed by atoms with Crippen LogP contribution in [0.2, 0.25) is 5.02 Å². The number of fused-ring (bicyclic) bond motifs is 1. The molecular weight excluding hydrogens is 328 g/mol. The number of nitrogens with one attached hydrogen (secondary N) is 1. The normalized spacial score (nSPS) is 12.1. The predicted octanol–water partition coefficient (Wildman–Crippen LogP) is 2.32. The van der Waals surface area contributed by atoms with E-state index in [-0.39, 0.29) is 24.1 Å². The highest BCUT2D eigenvalue weighted by Crippen LogP contribution is 2.15. The highest BCUT2D eigenvalue weighted by Gasteiger charge is 2.12. The van der Waals surface area contributed by atoms with E-state index in [1.807, 2.05) is 19.1 Å². The molecule has 3 rings (SSSR count). The molecule has 7 heteroatoms. The van der Waals surface area contributed by atoms with E-state index in [1.54, 1.807) is 30.5 Å². The number of nitrogens with zero attached hydrogens (tertiary/aromatic N) is 3. The fourth-order valence-corrected chi connectivity index (χ4v) is 2.51. The molecule has 24 heavy (non-hydrogen) atoms. The maximum Gasteiger partial charge on any atom is 0.276 e. The lowest BCUT2D eigenvalue weighted by atomic mass is 10.1. The molecule has 2 heterocycles. The van der Waals surface area contributed by atoms with Crippen LogP contribution < -0.4 is 10.9 Å². The van der Waals surface area contributed by atoms with Gasteiger partial charge in [-0.1, -0.05) is 23.7 Å². The Balaban J connectivity index is 1.74. The monoisotopic (exact) mass is 342 g/mol. The van der Waals surface area contributed by atoms with Crippen LogP contribution in [0, 0.1) is 0 Å². The third-order valence-electron chi connectivity index (χ3n) is 3.66. The molecule has 1 aromatic carbocycles. The van der Waals surface area contributed by atoms with Gasteiger partial charge in [0.1, 0.15) is 6.54 Å². The zero-order valence-electron chi connectivity index (χ0n) is 12.9. The van der Waals surface area contributed by atoms with E-state index in [0.717, 1.165) is 10.2 Å². The van der Waals surface area contributed by atoms with Gasteiger partial charge in [-0.2, -0.15) is 5.10 Å². The molecule has 0 aliphatic carbocycles. The van der Waals surface area contributed by atoms with Crippen molar-refractivity contribution in [3.8, 4) is 0 Å². The molecule has 0 fully saturated rings. The number of amides is 1. The Morgan fingerprint density at radius 2 is 2.04 bits per heavy atom. The van der Waals surface area contributed by atoms with Crippen LogP contribution in [0.5, 0.6) is 0 Å². The number of carbonyl (C=O) groups excluding carboxylic acids is 1. The second kappa shape index (κ2) is 6.80. The van der Waals surface area contributed by atoms with Crippen LogP contribution >= 0.6 is 11.6 Å². The number of aromatic nitrogens is 3. The Kier molecular flexibility index (Phi) is 4.57.